The number of allylic oxidation sites excluding steroid dienone is 1. The summed E-state index contributed by atoms with van der Waals surface area (Å²) in [5.74, 6) is 0.504. The Morgan fingerprint density at radius 3 is 2.66 bits per heavy atom. The molecule has 164 valence electrons. The molecule has 10 heteroatoms. The van der Waals surface area contributed by atoms with Gasteiger partial charge in [0.05, 0.1) is 32.2 Å². The van der Waals surface area contributed by atoms with Crippen molar-refractivity contribution in [1.29, 1.82) is 0 Å². The number of urea groups is 1. The van der Waals surface area contributed by atoms with Gasteiger partial charge in [-0.05, 0) is 36.1 Å². The van der Waals surface area contributed by atoms with Crippen LogP contribution in [0.5, 0.6) is 0 Å². The average molecular weight is 471 g/mol. The first kappa shape index (κ1) is 21.7. The largest absolute Gasteiger partial charge is 0.351 e. The van der Waals surface area contributed by atoms with Crippen molar-refractivity contribution in [2.45, 2.75) is 13.3 Å². The van der Waals surface area contributed by atoms with Gasteiger partial charge in [0.15, 0.2) is 0 Å². The Hall–Kier alpha value is -3.49. The number of aryl methyl sites for hydroxylation is 2. The van der Waals surface area contributed by atoms with Crippen LogP contribution in [0.25, 0.3) is 21.8 Å². The van der Waals surface area contributed by atoms with E-state index in [2.05, 4.69) is 20.6 Å². The highest BCUT2D eigenvalue weighted by atomic mass is 35.5. The molecular weight excluding hydrogens is 451 g/mol. The first-order valence-corrected chi connectivity index (χ1v) is 10.5. The first-order chi connectivity index (χ1) is 15.3. The minimum Gasteiger partial charge on any atom is -0.351 e. The Kier molecular flexibility index (Phi) is 5.82. The van der Waals surface area contributed by atoms with Crippen LogP contribution < -0.4 is 21.9 Å². The number of nitrogens with one attached hydrogen (secondary N) is 3. The van der Waals surface area contributed by atoms with E-state index in [9.17, 15) is 9.59 Å². The molecule has 0 atom stereocenters. The fourth-order valence-corrected chi connectivity index (χ4v) is 4.16. The van der Waals surface area contributed by atoms with Crippen LogP contribution in [-0.4, -0.2) is 20.6 Å². The standard InChI is InChI=1S/C22H20Cl2N6O2/c1-11-12-8-9-16-19(17(12)20(31)27-15(11)7-4-10-26-21(25)32)30(2)22(28-16)29-18-13(23)5-3-6-14(18)24/h3-6,8-10H,7H2,1-2H3,(H,27,31)(H,28,29)(H3,25,26,32). The van der Waals surface area contributed by atoms with E-state index in [1.54, 1.807) is 24.3 Å². The molecule has 2 amide bonds. The monoisotopic (exact) mass is 470 g/mol. The van der Waals surface area contributed by atoms with Crippen LogP contribution in [0.2, 0.25) is 10.0 Å². The summed E-state index contributed by atoms with van der Waals surface area (Å²) in [5.41, 5.74) is 8.38. The van der Waals surface area contributed by atoms with Gasteiger partial charge in [-0.3, -0.25) is 4.79 Å². The first-order valence-electron chi connectivity index (χ1n) is 9.71. The third kappa shape index (κ3) is 3.90. The molecule has 5 N–H and O–H groups in total. The van der Waals surface area contributed by atoms with Gasteiger partial charge in [0, 0.05) is 25.4 Å². The van der Waals surface area contributed by atoms with Crippen molar-refractivity contribution in [3.8, 4) is 0 Å². The number of H-pyrrole nitrogens is 1. The molecule has 0 aliphatic carbocycles. The smallest absolute Gasteiger partial charge is 0.316 e. The van der Waals surface area contributed by atoms with Crippen molar-refractivity contribution >= 4 is 62.7 Å². The maximum absolute atomic E-state index is 13.1. The van der Waals surface area contributed by atoms with E-state index in [0.717, 1.165) is 16.6 Å². The number of para-hydroxylation sites is 1. The van der Waals surface area contributed by atoms with Crippen molar-refractivity contribution < 1.29 is 4.79 Å². The number of pyridine rings is 1. The SMILES string of the molecule is Cc1c(CC=CNC(N)=O)[nH]c(=O)c2c1ccc1nc(Nc3c(Cl)cccc3Cl)n(C)c12. The van der Waals surface area contributed by atoms with Crippen LogP contribution in [0, 0.1) is 6.92 Å². The zero-order valence-electron chi connectivity index (χ0n) is 17.3. The lowest BCUT2D eigenvalue weighted by Gasteiger charge is -2.11. The molecule has 8 nitrogen and oxygen atoms in total. The van der Waals surface area contributed by atoms with Gasteiger partial charge in [-0.2, -0.15) is 0 Å². The third-order valence-electron chi connectivity index (χ3n) is 5.25. The predicted octanol–water partition coefficient (Wildman–Crippen LogP) is 4.50. The summed E-state index contributed by atoms with van der Waals surface area (Å²) < 4.78 is 1.81. The zero-order valence-corrected chi connectivity index (χ0v) is 18.8. The van der Waals surface area contributed by atoms with Crippen molar-refractivity contribution in [2.75, 3.05) is 5.32 Å². The van der Waals surface area contributed by atoms with Crippen molar-refractivity contribution in [2.24, 2.45) is 12.8 Å². The van der Waals surface area contributed by atoms with Crippen molar-refractivity contribution in [3.05, 3.63) is 74.3 Å². The molecule has 0 fully saturated rings. The fourth-order valence-electron chi connectivity index (χ4n) is 3.67. The number of primary amides is 1. The molecule has 0 bridgehead atoms. The zero-order chi connectivity index (χ0) is 23.0. The van der Waals surface area contributed by atoms with E-state index in [1.807, 2.05) is 30.7 Å². The lowest BCUT2D eigenvalue weighted by atomic mass is 10.0. The number of hydrogen-bond acceptors (Lipinski definition) is 4. The van der Waals surface area contributed by atoms with E-state index in [-0.39, 0.29) is 5.56 Å². The van der Waals surface area contributed by atoms with E-state index >= 15 is 0 Å². The Balaban J connectivity index is 1.82. The number of benzene rings is 2. The van der Waals surface area contributed by atoms with E-state index < -0.39 is 6.03 Å². The van der Waals surface area contributed by atoms with Gasteiger partial charge < -0.3 is 25.9 Å². The molecule has 2 heterocycles. The molecule has 4 rings (SSSR count). The molecule has 0 aliphatic heterocycles. The number of amides is 2. The number of anilines is 2. The Morgan fingerprint density at radius 2 is 1.97 bits per heavy atom. The number of rotatable bonds is 5. The molecule has 0 saturated heterocycles. The Labute approximate surface area is 193 Å². The topological polar surface area (TPSA) is 118 Å². The molecule has 4 aromatic rings. The van der Waals surface area contributed by atoms with Gasteiger partial charge in [-0.1, -0.05) is 41.4 Å². The van der Waals surface area contributed by atoms with Gasteiger partial charge >= 0.3 is 6.03 Å². The van der Waals surface area contributed by atoms with E-state index in [0.29, 0.717) is 44.5 Å². The highest BCUT2D eigenvalue weighted by molar-refractivity contribution is 6.39. The number of carbonyl (C=O) groups is 1. The normalized spacial score (nSPS) is 11.5. The maximum Gasteiger partial charge on any atom is 0.316 e. The van der Waals surface area contributed by atoms with Crippen LogP contribution in [-0.2, 0) is 13.5 Å². The van der Waals surface area contributed by atoms with Gasteiger partial charge in [0.25, 0.3) is 5.56 Å². The highest BCUT2D eigenvalue weighted by Gasteiger charge is 2.17. The minimum absolute atomic E-state index is 0.229. The number of fused-ring (bicyclic) bond motifs is 3. The number of nitrogens with zero attached hydrogens (tertiary/aromatic N) is 2. The second kappa shape index (κ2) is 8.57. The van der Waals surface area contributed by atoms with Gasteiger partial charge in [-0.15, -0.1) is 0 Å². The molecule has 0 spiro atoms. The van der Waals surface area contributed by atoms with Crippen LogP contribution in [0.15, 0.2) is 47.4 Å². The van der Waals surface area contributed by atoms with Crippen molar-refractivity contribution in [3.63, 3.8) is 0 Å². The molecule has 2 aromatic heterocycles. The number of carbonyl (C=O) groups excluding carboxylic acids is 1. The number of halogens is 2. The summed E-state index contributed by atoms with van der Waals surface area (Å²) in [6.07, 6.45) is 3.59. The summed E-state index contributed by atoms with van der Waals surface area (Å²) in [6.45, 7) is 1.94. The number of aromatic nitrogens is 3. The van der Waals surface area contributed by atoms with Gasteiger partial charge in [0.2, 0.25) is 5.95 Å². The number of aromatic amines is 1. The quantitative estimate of drug-likeness (QED) is 0.343. The lowest BCUT2D eigenvalue weighted by Crippen LogP contribution is -2.24. The van der Waals surface area contributed by atoms with Crippen LogP contribution in [0.4, 0.5) is 16.4 Å². The second-order valence-corrected chi connectivity index (χ2v) is 8.06. The summed E-state index contributed by atoms with van der Waals surface area (Å²) >= 11 is 12.6. The van der Waals surface area contributed by atoms with Crippen LogP contribution in [0.1, 0.15) is 11.3 Å². The fraction of sp³-hybridized carbons (Fsp3) is 0.136. The molecule has 0 unspecified atom stereocenters. The highest BCUT2D eigenvalue weighted by Crippen LogP contribution is 2.34. The third-order valence-corrected chi connectivity index (χ3v) is 5.88. The number of nitrogens with two attached hydrogens (primary N) is 1. The lowest BCUT2D eigenvalue weighted by molar-refractivity contribution is 0.252. The second-order valence-electron chi connectivity index (χ2n) is 7.24. The number of hydrogen-bond donors (Lipinski definition) is 4. The Morgan fingerprint density at radius 1 is 1.25 bits per heavy atom. The van der Waals surface area contributed by atoms with Crippen molar-refractivity contribution in [1.82, 2.24) is 19.9 Å². The number of imidazole rings is 1. The van der Waals surface area contributed by atoms with Crippen LogP contribution in [0.3, 0.4) is 0 Å². The predicted molar refractivity (Wildman–Crippen MR) is 129 cm³/mol. The maximum atomic E-state index is 13.1. The molecule has 0 saturated carbocycles. The molecule has 2 aromatic carbocycles. The summed E-state index contributed by atoms with van der Waals surface area (Å²) in [5, 5.41) is 7.84. The average Bonchev–Trinajstić information content (AvgIpc) is 3.06. The van der Waals surface area contributed by atoms with E-state index in [4.69, 9.17) is 28.9 Å². The Bertz CT molecular complexity index is 1430. The van der Waals surface area contributed by atoms with Crippen LogP contribution >= 0.6 is 23.2 Å². The summed E-state index contributed by atoms with van der Waals surface area (Å²) in [6, 6.07) is 8.34. The molecule has 32 heavy (non-hydrogen) atoms. The molecular formula is C22H20Cl2N6O2. The minimum atomic E-state index is -0.647. The summed E-state index contributed by atoms with van der Waals surface area (Å²) in [4.78, 5) is 31.4. The molecule has 0 radical (unpaired) electrons. The van der Waals surface area contributed by atoms with Gasteiger partial charge in [0.1, 0.15) is 0 Å². The van der Waals surface area contributed by atoms with E-state index in [1.165, 1.54) is 6.20 Å². The van der Waals surface area contributed by atoms with Gasteiger partial charge in [-0.25, -0.2) is 9.78 Å². The molecule has 0 aliphatic rings. The summed E-state index contributed by atoms with van der Waals surface area (Å²) in [7, 11) is 1.82.